The minimum atomic E-state index is -3.83. The van der Waals surface area contributed by atoms with Gasteiger partial charge in [0.25, 0.3) is 10.0 Å². The van der Waals surface area contributed by atoms with Crippen LogP contribution in [0.4, 0.5) is 5.69 Å². The summed E-state index contributed by atoms with van der Waals surface area (Å²) in [7, 11) is -3.83. The average Bonchev–Trinajstić information content (AvgIpc) is 2.61. The van der Waals surface area contributed by atoms with Gasteiger partial charge in [0.1, 0.15) is 5.75 Å². The van der Waals surface area contributed by atoms with Crippen LogP contribution in [-0.4, -0.2) is 33.6 Å². The number of esters is 1. The number of aryl methyl sites for hydroxylation is 1. The maximum atomic E-state index is 13.1. The van der Waals surface area contributed by atoms with E-state index in [4.69, 9.17) is 9.47 Å². The first-order valence-electron chi connectivity index (χ1n) is 7.95. The minimum absolute atomic E-state index is 0.133. The van der Waals surface area contributed by atoms with Crippen molar-refractivity contribution in [2.45, 2.75) is 24.8 Å². The predicted octanol–water partition coefficient (Wildman–Crippen LogP) is 2.51. The number of ether oxygens (including phenoxy) is 2. The summed E-state index contributed by atoms with van der Waals surface area (Å²) < 4.78 is 38.1. The molecule has 6 nitrogen and oxygen atoms in total. The first kappa shape index (κ1) is 17.3. The average molecular weight is 361 g/mol. The Kier molecular flexibility index (Phi) is 4.67. The number of benzene rings is 2. The first-order chi connectivity index (χ1) is 11.9. The monoisotopic (exact) mass is 361 g/mol. The highest BCUT2D eigenvalue weighted by atomic mass is 32.2. The topological polar surface area (TPSA) is 72.9 Å². The van der Waals surface area contributed by atoms with Crippen LogP contribution in [0.25, 0.3) is 0 Å². The first-order valence-corrected chi connectivity index (χ1v) is 9.39. The van der Waals surface area contributed by atoms with Crippen molar-refractivity contribution in [3.8, 4) is 5.75 Å². The summed E-state index contributed by atoms with van der Waals surface area (Å²) in [4.78, 5) is 12.3. The molecule has 0 saturated heterocycles. The Hall–Kier alpha value is -2.54. The molecule has 0 saturated carbocycles. The van der Waals surface area contributed by atoms with E-state index in [0.29, 0.717) is 11.4 Å². The molecule has 3 rings (SSSR count). The lowest BCUT2D eigenvalue weighted by Crippen LogP contribution is -2.47. The number of anilines is 1. The van der Waals surface area contributed by atoms with Gasteiger partial charge in [-0.05, 0) is 38.1 Å². The van der Waals surface area contributed by atoms with Crippen LogP contribution in [0.3, 0.4) is 0 Å². The number of nitrogens with zero attached hydrogens (tertiary/aromatic N) is 1. The van der Waals surface area contributed by atoms with Gasteiger partial charge in [-0.3, -0.25) is 4.31 Å². The molecule has 2 aromatic rings. The Bertz CT molecular complexity index is 877. The van der Waals surface area contributed by atoms with E-state index in [1.54, 1.807) is 55.5 Å². The Balaban J connectivity index is 2.03. The van der Waals surface area contributed by atoms with Gasteiger partial charge in [0, 0.05) is 0 Å². The molecule has 2 aromatic carbocycles. The predicted molar refractivity (Wildman–Crippen MR) is 93.2 cm³/mol. The lowest BCUT2D eigenvalue weighted by molar-refractivity contribution is -0.151. The van der Waals surface area contributed by atoms with Crippen LogP contribution in [-0.2, 0) is 19.6 Å². The van der Waals surface area contributed by atoms with Crippen LogP contribution in [0.2, 0.25) is 0 Å². The third-order valence-electron chi connectivity index (χ3n) is 3.89. The third kappa shape index (κ3) is 3.32. The summed E-state index contributed by atoms with van der Waals surface area (Å²) in [5.41, 5.74) is 1.37. The van der Waals surface area contributed by atoms with Crippen molar-refractivity contribution >= 4 is 21.7 Å². The molecule has 0 fully saturated rings. The summed E-state index contributed by atoms with van der Waals surface area (Å²) in [6.07, 6.45) is -1.00. The van der Waals surface area contributed by atoms with Crippen molar-refractivity contribution in [3.63, 3.8) is 0 Å². The van der Waals surface area contributed by atoms with E-state index in [0.717, 1.165) is 5.56 Å². The summed E-state index contributed by atoms with van der Waals surface area (Å²) in [6.45, 7) is 3.64. The second kappa shape index (κ2) is 6.76. The molecule has 25 heavy (non-hydrogen) atoms. The molecule has 1 heterocycles. The van der Waals surface area contributed by atoms with Gasteiger partial charge in [-0.1, -0.05) is 29.8 Å². The molecule has 0 amide bonds. The molecule has 1 atom stereocenters. The molecule has 0 radical (unpaired) electrons. The summed E-state index contributed by atoms with van der Waals surface area (Å²) >= 11 is 0. The molecular weight excluding hydrogens is 342 g/mol. The van der Waals surface area contributed by atoms with Crippen molar-refractivity contribution < 1.29 is 22.7 Å². The minimum Gasteiger partial charge on any atom is -0.475 e. The number of sulfonamides is 1. The molecule has 1 aliphatic heterocycles. The second-order valence-electron chi connectivity index (χ2n) is 5.68. The Labute approximate surface area is 147 Å². The molecule has 0 unspecified atom stereocenters. The second-order valence-corrected chi connectivity index (χ2v) is 7.54. The van der Waals surface area contributed by atoms with Crippen LogP contribution in [0, 0.1) is 6.92 Å². The van der Waals surface area contributed by atoms with E-state index in [1.165, 1.54) is 4.31 Å². The van der Waals surface area contributed by atoms with E-state index < -0.39 is 22.1 Å². The van der Waals surface area contributed by atoms with Gasteiger partial charge >= 0.3 is 5.97 Å². The Morgan fingerprint density at radius 2 is 1.88 bits per heavy atom. The van der Waals surface area contributed by atoms with Gasteiger partial charge in [0.2, 0.25) is 6.10 Å². The molecule has 0 N–H and O–H groups in total. The molecule has 0 aliphatic carbocycles. The van der Waals surface area contributed by atoms with Crippen molar-refractivity contribution in [2.75, 3.05) is 17.5 Å². The lowest BCUT2D eigenvalue weighted by atomic mass is 10.2. The van der Waals surface area contributed by atoms with E-state index >= 15 is 0 Å². The fourth-order valence-electron chi connectivity index (χ4n) is 2.63. The number of carbonyl (C=O) groups is 1. The quantitative estimate of drug-likeness (QED) is 0.783. The van der Waals surface area contributed by atoms with E-state index in [9.17, 15) is 13.2 Å². The van der Waals surface area contributed by atoms with Crippen molar-refractivity contribution in [3.05, 3.63) is 54.1 Å². The zero-order valence-electron chi connectivity index (χ0n) is 14.0. The van der Waals surface area contributed by atoms with Crippen LogP contribution in [0.5, 0.6) is 5.75 Å². The van der Waals surface area contributed by atoms with E-state index in [1.807, 2.05) is 6.92 Å². The van der Waals surface area contributed by atoms with Gasteiger partial charge in [-0.25, -0.2) is 13.2 Å². The zero-order chi connectivity index (χ0) is 18.0. The fraction of sp³-hybridized carbons (Fsp3) is 0.278. The number of carbonyl (C=O) groups excluding carboxylic acids is 1. The Morgan fingerprint density at radius 3 is 2.56 bits per heavy atom. The fourth-order valence-corrected chi connectivity index (χ4v) is 4.10. The number of hydrogen-bond acceptors (Lipinski definition) is 5. The van der Waals surface area contributed by atoms with Crippen LogP contribution >= 0.6 is 0 Å². The standard InChI is InChI=1S/C18H19NO5S/c1-3-23-18(20)17-12-19(15-6-4-5-7-16(15)24-17)25(21,22)14-10-8-13(2)9-11-14/h4-11,17H,3,12H2,1-2H3/t17-/m0/s1. The largest absolute Gasteiger partial charge is 0.475 e. The van der Waals surface area contributed by atoms with Crippen molar-refractivity contribution in [1.82, 2.24) is 0 Å². The van der Waals surface area contributed by atoms with Gasteiger partial charge < -0.3 is 9.47 Å². The van der Waals surface area contributed by atoms with E-state index in [-0.39, 0.29) is 18.0 Å². The number of fused-ring (bicyclic) bond motifs is 1. The summed E-state index contributed by atoms with van der Waals surface area (Å²) in [5.74, 6) is -0.247. The van der Waals surface area contributed by atoms with Gasteiger partial charge in [-0.2, -0.15) is 0 Å². The maximum Gasteiger partial charge on any atom is 0.349 e. The number of hydrogen-bond donors (Lipinski definition) is 0. The summed E-state index contributed by atoms with van der Waals surface area (Å²) in [6, 6.07) is 13.3. The highest BCUT2D eigenvalue weighted by Crippen LogP contribution is 2.36. The highest BCUT2D eigenvalue weighted by Gasteiger charge is 2.38. The Morgan fingerprint density at radius 1 is 1.20 bits per heavy atom. The van der Waals surface area contributed by atoms with E-state index in [2.05, 4.69) is 0 Å². The number of rotatable bonds is 4. The van der Waals surface area contributed by atoms with Gasteiger partial charge in [0.15, 0.2) is 0 Å². The zero-order valence-corrected chi connectivity index (χ0v) is 14.8. The molecule has 0 aromatic heterocycles. The third-order valence-corrected chi connectivity index (χ3v) is 5.69. The van der Waals surface area contributed by atoms with Crippen molar-refractivity contribution in [1.29, 1.82) is 0 Å². The SMILES string of the molecule is CCOC(=O)[C@@H]1CN(S(=O)(=O)c2ccc(C)cc2)c2ccccc2O1. The lowest BCUT2D eigenvalue weighted by Gasteiger charge is -2.34. The molecule has 132 valence electrons. The smallest absolute Gasteiger partial charge is 0.349 e. The molecule has 1 aliphatic rings. The normalized spacial score (nSPS) is 16.7. The van der Waals surface area contributed by atoms with Gasteiger partial charge in [0.05, 0.1) is 23.7 Å². The summed E-state index contributed by atoms with van der Waals surface area (Å²) in [5, 5.41) is 0. The van der Waals surface area contributed by atoms with Gasteiger partial charge in [-0.15, -0.1) is 0 Å². The molecule has 7 heteroatoms. The van der Waals surface area contributed by atoms with Crippen LogP contribution in [0.15, 0.2) is 53.4 Å². The maximum absolute atomic E-state index is 13.1. The molecular formula is C18H19NO5S. The number of para-hydroxylation sites is 2. The highest BCUT2D eigenvalue weighted by molar-refractivity contribution is 7.92. The van der Waals surface area contributed by atoms with Crippen LogP contribution in [0.1, 0.15) is 12.5 Å². The van der Waals surface area contributed by atoms with Crippen LogP contribution < -0.4 is 9.04 Å². The molecule has 0 spiro atoms. The molecule has 0 bridgehead atoms. The van der Waals surface area contributed by atoms with Crippen molar-refractivity contribution in [2.24, 2.45) is 0 Å².